The van der Waals surface area contributed by atoms with Crippen LogP contribution in [0.3, 0.4) is 0 Å². The summed E-state index contributed by atoms with van der Waals surface area (Å²) in [7, 11) is 0.874. The fourth-order valence-corrected chi connectivity index (χ4v) is 1.22. The zero-order valence-electron chi connectivity index (χ0n) is 9.33. The number of ether oxygens (including phenoxy) is 3. The van der Waals surface area contributed by atoms with Crippen molar-refractivity contribution in [1.82, 2.24) is 0 Å². The van der Waals surface area contributed by atoms with E-state index in [1.165, 1.54) is 0 Å². The average Bonchev–Trinajstić information content (AvgIpc) is 2.25. The van der Waals surface area contributed by atoms with E-state index in [2.05, 4.69) is 14.2 Å². The van der Waals surface area contributed by atoms with Crippen LogP contribution < -0.4 is 9.47 Å². The summed E-state index contributed by atoms with van der Waals surface area (Å²) in [6.07, 6.45) is -5.09. The highest BCUT2D eigenvalue weighted by molar-refractivity contribution is 5.95. The van der Waals surface area contributed by atoms with Gasteiger partial charge in [-0.25, -0.2) is 4.79 Å². The lowest BCUT2D eigenvalue weighted by Gasteiger charge is -2.15. The van der Waals surface area contributed by atoms with Gasteiger partial charge in [0.25, 0.3) is 0 Å². The molecule has 9 heteroatoms. The highest BCUT2D eigenvalue weighted by Gasteiger charge is 2.34. The predicted octanol–water partition coefficient (Wildman–Crippen LogP) is 2.97. The summed E-state index contributed by atoms with van der Waals surface area (Å²) in [5.74, 6) is -3.06. The molecule has 0 aromatic heterocycles. The number of rotatable bonds is 4. The number of carbonyl (C=O) groups is 1. The van der Waals surface area contributed by atoms with Gasteiger partial charge in [-0.2, -0.15) is 8.78 Å². The molecule has 0 amide bonds. The molecule has 4 nitrogen and oxygen atoms in total. The third-order valence-corrected chi connectivity index (χ3v) is 1.82. The van der Waals surface area contributed by atoms with E-state index in [0.29, 0.717) is 0 Å². The molecule has 0 saturated heterocycles. The lowest BCUT2D eigenvalue weighted by molar-refractivity contribution is -0.274. The predicted molar refractivity (Wildman–Crippen MR) is 51.1 cm³/mol. The van der Waals surface area contributed by atoms with Gasteiger partial charge in [0, 0.05) is 0 Å². The fraction of sp³-hybridized carbons (Fsp3) is 0.300. The molecule has 0 N–H and O–H groups in total. The number of esters is 1. The monoisotopic (exact) mass is 286 g/mol. The lowest BCUT2D eigenvalue weighted by Crippen LogP contribution is -2.20. The van der Waals surface area contributed by atoms with Crippen LogP contribution in [-0.4, -0.2) is 26.1 Å². The van der Waals surface area contributed by atoms with Crippen molar-refractivity contribution in [2.45, 2.75) is 13.0 Å². The Bertz CT molecular complexity index is 458. The smallest absolute Gasteiger partial charge is 0.465 e. The Kier molecular flexibility index (Phi) is 4.52. The molecule has 1 rings (SSSR count). The maximum atomic E-state index is 12.1. The van der Waals surface area contributed by atoms with Gasteiger partial charge < -0.3 is 14.2 Å². The molecule has 0 spiro atoms. The maximum Gasteiger partial charge on any atom is 0.573 e. The van der Waals surface area contributed by atoms with Crippen LogP contribution in [0.4, 0.5) is 22.0 Å². The summed E-state index contributed by atoms with van der Waals surface area (Å²) >= 11 is 0. The summed E-state index contributed by atoms with van der Waals surface area (Å²) in [5.41, 5.74) is -0.873. The number of alkyl halides is 5. The molecule has 0 aliphatic rings. The van der Waals surface area contributed by atoms with Crippen molar-refractivity contribution in [3.05, 3.63) is 23.8 Å². The van der Waals surface area contributed by atoms with Crippen molar-refractivity contribution >= 4 is 5.97 Å². The second kappa shape index (κ2) is 5.72. The van der Waals surface area contributed by atoms with Gasteiger partial charge in [-0.05, 0) is 12.1 Å². The molecule has 0 aliphatic carbocycles. The first-order valence-electron chi connectivity index (χ1n) is 4.66. The molecule has 0 bridgehead atoms. The summed E-state index contributed by atoms with van der Waals surface area (Å²) in [4.78, 5) is 11.3. The molecular formula is C10H7F5O4. The third kappa shape index (κ3) is 4.27. The van der Waals surface area contributed by atoms with Crippen LogP contribution in [0.25, 0.3) is 0 Å². The Morgan fingerprint density at radius 3 is 2.26 bits per heavy atom. The topological polar surface area (TPSA) is 44.8 Å². The molecule has 1 aromatic carbocycles. The first kappa shape index (κ1) is 15.0. The van der Waals surface area contributed by atoms with Gasteiger partial charge in [-0.3, -0.25) is 0 Å². The van der Waals surface area contributed by atoms with E-state index in [1.54, 1.807) is 0 Å². The standard InChI is InChI=1S/C10H7F5O4/c1-17-8(16)7-5(18-9(11)12)3-2-4-6(7)19-10(13,14)15/h2-4,9H,1H3. The van der Waals surface area contributed by atoms with Crippen LogP contribution in [0.1, 0.15) is 10.4 Å². The van der Waals surface area contributed by atoms with Gasteiger partial charge in [0.1, 0.15) is 17.1 Å². The number of hydrogen-bond donors (Lipinski definition) is 0. The number of carbonyl (C=O) groups excluding carboxylic acids is 1. The summed E-state index contributed by atoms with van der Waals surface area (Å²) in [6.45, 7) is -3.32. The second-order valence-corrected chi connectivity index (χ2v) is 3.05. The van der Waals surface area contributed by atoms with Crippen LogP contribution in [0.15, 0.2) is 18.2 Å². The normalized spacial score (nSPS) is 11.3. The van der Waals surface area contributed by atoms with Gasteiger partial charge in [-0.1, -0.05) is 6.07 Å². The molecule has 0 unspecified atom stereocenters. The SMILES string of the molecule is COC(=O)c1c(OC(F)F)cccc1OC(F)(F)F. The molecule has 0 aliphatic heterocycles. The minimum atomic E-state index is -5.09. The van der Waals surface area contributed by atoms with Crippen molar-refractivity contribution < 1.29 is 41.0 Å². The molecule has 0 saturated carbocycles. The van der Waals surface area contributed by atoms with E-state index in [0.717, 1.165) is 25.3 Å². The Labute approximate surface area is 103 Å². The average molecular weight is 286 g/mol. The van der Waals surface area contributed by atoms with Crippen molar-refractivity contribution in [2.24, 2.45) is 0 Å². The quantitative estimate of drug-likeness (QED) is 0.630. The highest BCUT2D eigenvalue weighted by atomic mass is 19.4. The number of methoxy groups -OCH3 is 1. The zero-order valence-corrected chi connectivity index (χ0v) is 9.33. The number of halogens is 5. The third-order valence-electron chi connectivity index (χ3n) is 1.82. The molecule has 0 heterocycles. The van der Waals surface area contributed by atoms with Crippen LogP contribution in [-0.2, 0) is 4.74 Å². The summed E-state index contributed by atoms with van der Waals surface area (Å²) in [5, 5.41) is 0. The second-order valence-electron chi connectivity index (χ2n) is 3.05. The van der Waals surface area contributed by atoms with E-state index in [-0.39, 0.29) is 0 Å². The fourth-order valence-electron chi connectivity index (χ4n) is 1.22. The van der Waals surface area contributed by atoms with Crippen LogP contribution in [0.2, 0.25) is 0 Å². The first-order valence-corrected chi connectivity index (χ1v) is 4.66. The Balaban J connectivity index is 3.26. The molecule has 106 valence electrons. The van der Waals surface area contributed by atoms with Gasteiger partial charge in [0.05, 0.1) is 7.11 Å². The van der Waals surface area contributed by atoms with Gasteiger partial charge >= 0.3 is 18.9 Å². The Hall–Kier alpha value is -2.06. The molecule has 0 atom stereocenters. The molecular weight excluding hydrogens is 279 g/mol. The van der Waals surface area contributed by atoms with Crippen molar-refractivity contribution in [3.63, 3.8) is 0 Å². The lowest BCUT2D eigenvalue weighted by atomic mass is 10.2. The van der Waals surface area contributed by atoms with Gasteiger partial charge in [0.15, 0.2) is 0 Å². The van der Waals surface area contributed by atoms with Crippen LogP contribution >= 0.6 is 0 Å². The van der Waals surface area contributed by atoms with Crippen molar-refractivity contribution in [1.29, 1.82) is 0 Å². The minimum Gasteiger partial charge on any atom is -0.465 e. The number of benzene rings is 1. The molecule has 0 fully saturated rings. The van der Waals surface area contributed by atoms with E-state index in [4.69, 9.17) is 0 Å². The Morgan fingerprint density at radius 2 is 1.79 bits per heavy atom. The first-order chi connectivity index (χ1) is 8.74. The van der Waals surface area contributed by atoms with Gasteiger partial charge in [0.2, 0.25) is 0 Å². The maximum absolute atomic E-state index is 12.1. The summed E-state index contributed by atoms with van der Waals surface area (Å²) in [6, 6.07) is 2.63. The molecule has 0 radical (unpaired) electrons. The van der Waals surface area contributed by atoms with Crippen LogP contribution in [0.5, 0.6) is 11.5 Å². The largest absolute Gasteiger partial charge is 0.573 e. The van der Waals surface area contributed by atoms with Crippen LogP contribution in [0, 0.1) is 0 Å². The van der Waals surface area contributed by atoms with Crippen molar-refractivity contribution in [2.75, 3.05) is 7.11 Å². The number of hydrogen-bond acceptors (Lipinski definition) is 4. The van der Waals surface area contributed by atoms with Gasteiger partial charge in [-0.15, -0.1) is 13.2 Å². The van der Waals surface area contributed by atoms with Crippen molar-refractivity contribution in [3.8, 4) is 11.5 Å². The zero-order chi connectivity index (χ0) is 14.6. The summed E-state index contributed by atoms with van der Waals surface area (Å²) < 4.78 is 72.3. The van der Waals surface area contributed by atoms with E-state index in [1.807, 2.05) is 0 Å². The van der Waals surface area contributed by atoms with E-state index in [9.17, 15) is 26.7 Å². The van der Waals surface area contributed by atoms with E-state index >= 15 is 0 Å². The Morgan fingerprint density at radius 1 is 1.21 bits per heavy atom. The molecule has 1 aromatic rings. The highest BCUT2D eigenvalue weighted by Crippen LogP contribution is 2.33. The molecule has 19 heavy (non-hydrogen) atoms. The van der Waals surface area contributed by atoms with E-state index < -0.39 is 36.0 Å². The minimum absolute atomic E-state index is 0.774.